The number of hydrazine groups is 1. The smallest absolute Gasteiger partial charge is 0.265 e. The van der Waals surface area contributed by atoms with Gasteiger partial charge in [-0.15, -0.1) is 0 Å². The highest BCUT2D eigenvalue weighted by atomic mass is 32.2. The first-order valence-corrected chi connectivity index (χ1v) is 7.55. The minimum Gasteiger partial charge on any atom is -0.495 e. The largest absolute Gasteiger partial charge is 0.495 e. The topological polar surface area (TPSA) is 102 Å². The van der Waals surface area contributed by atoms with Gasteiger partial charge in [-0.3, -0.25) is 10.2 Å². The van der Waals surface area contributed by atoms with Gasteiger partial charge in [0.05, 0.1) is 7.11 Å². The molecule has 0 atom stereocenters. The Morgan fingerprint density at radius 1 is 1.35 bits per heavy atom. The molecule has 1 rings (SSSR count). The fourth-order valence-electron chi connectivity index (χ4n) is 1.81. The Morgan fingerprint density at radius 2 is 1.95 bits per heavy atom. The van der Waals surface area contributed by atoms with Gasteiger partial charge < -0.3 is 4.74 Å². The molecule has 0 unspecified atom stereocenters. The van der Waals surface area contributed by atoms with E-state index in [1.165, 1.54) is 29.6 Å². The van der Waals surface area contributed by atoms with Crippen molar-refractivity contribution in [2.75, 3.05) is 20.2 Å². The summed E-state index contributed by atoms with van der Waals surface area (Å²) < 4.78 is 31.4. The number of nitrogens with one attached hydrogen (secondary N) is 1. The van der Waals surface area contributed by atoms with Gasteiger partial charge in [0, 0.05) is 18.7 Å². The van der Waals surface area contributed by atoms with Gasteiger partial charge >= 0.3 is 0 Å². The summed E-state index contributed by atoms with van der Waals surface area (Å²) in [5.41, 5.74) is 2.12. The minimum atomic E-state index is -3.72. The SMILES string of the molecule is CCN(CC)S(=O)(=O)c1cc(C(=O)NN)ccc1OC. The second-order valence-corrected chi connectivity index (χ2v) is 5.83. The number of hydrogen-bond acceptors (Lipinski definition) is 5. The first-order chi connectivity index (χ1) is 9.42. The third-order valence-electron chi connectivity index (χ3n) is 2.88. The molecule has 0 aromatic heterocycles. The fraction of sp³-hybridized carbons (Fsp3) is 0.417. The van der Waals surface area contributed by atoms with Crippen LogP contribution in [0.25, 0.3) is 0 Å². The molecule has 1 aromatic carbocycles. The normalized spacial score (nSPS) is 11.4. The van der Waals surface area contributed by atoms with E-state index >= 15 is 0 Å². The van der Waals surface area contributed by atoms with E-state index in [2.05, 4.69) is 0 Å². The van der Waals surface area contributed by atoms with Crippen molar-refractivity contribution in [3.05, 3.63) is 23.8 Å². The lowest BCUT2D eigenvalue weighted by atomic mass is 10.2. The van der Waals surface area contributed by atoms with Crippen LogP contribution >= 0.6 is 0 Å². The third-order valence-corrected chi connectivity index (χ3v) is 4.95. The van der Waals surface area contributed by atoms with Gasteiger partial charge in [0.25, 0.3) is 5.91 Å². The second kappa shape index (κ2) is 6.69. The van der Waals surface area contributed by atoms with Crippen molar-refractivity contribution >= 4 is 15.9 Å². The zero-order chi connectivity index (χ0) is 15.3. The molecule has 0 fully saturated rings. The standard InChI is InChI=1S/C12H19N3O4S/c1-4-15(5-2)20(17,18)11-8-9(12(16)14-13)6-7-10(11)19-3/h6-8H,4-5,13H2,1-3H3,(H,14,16). The molecule has 0 bridgehead atoms. The zero-order valence-corrected chi connectivity index (χ0v) is 12.5. The molecule has 0 aliphatic heterocycles. The fourth-order valence-corrected chi connectivity index (χ4v) is 3.44. The lowest BCUT2D eigenvalue weighted by Gasteiger charge is -2.20. The number of methoxy groups -OCH3 is 1. The molecule has 0 saturated heterocycles. The minimum absolute atomic E-state index is 0.0511. The summed E-state index contributed by atoms with van der Waals surface area (Å²) in [6, 6.07) is 4.14. The molecule has 0 aliphatic rings. The number of carbonyl (C=O) groups excluding carboxylic acids is 1. The number of carbonyl (C=O) groups is 1. The molecular formula is C12H19N3O4S. The third kappa shape index (κ3) is 3.09. The molecule has 0 saturated carbocycles. The summed E-state index contributed by atoms with van der Waals surface area (Å²) in [5, 5.41) is 0. The predicted octanol–water partition coefficient (Wildman–Crippen LogP) is 0.329. The van der Waals surface area contributed by atoms with E-state index in [4.69, 9.17) is 10.6 Å². The Labute approximate surface area is 118 Å². The van der Waals surface area contributed by atoms with Gasteiger partial charge in [-0.1, -0.05) is 13.8 Å². The van der Waals surface area contributed by atoms with Crippen LogP contribution in [0.15, 0.2) is 23.1 Å². The molecule has 1 aromatic rings. The van der Waals surface area contributed by atoms with Gasteiger partial charge in [0.15, 0.2) is 0 Å². The lowest BCUT2D eigenvalue weighted by Crippen LogP contribution is -2.32. The Kier molecular flexibility index (Phi) is 5.49. The Morgan fingerprint density at radius 3 is 2.40 bits per heavy atom. The number of nitrogens with two attached hydrogens (primary N) is 1. The van der Waals surface area contributed by atoms with Crippen molar-refractivity contribution in [3.8, 4) is 5.75 Å². The predicted molar refractivity (Wildman–Crippen MR) is 74.8 cm³/mol. The molecule has 112 valence electrons. The number of rotatable bonds is 6. The van der Waals surface area contributed by atoms with Crippen molar-refractivity contribution in [2.45, 2.75) is 18.7 Å². The summed E-state index contributed by atoms with van der Waals surface area (Å²) in [7, 11) is -2.35. The maximum Gasteiger partial charge on any atom is 0.265 e. The zero-order valence-electron chi connectivity index (χ0n) is 11.7. The van der Waals surface area contributed by atoms with Crippen LogP contribution in [-0.4, -0.2) is 38.8 Å². The molecule has 0 radical (unpaired) electrons. The van der Waals surface area contributed by atoms with E-state index < -0.39 is 15.9 Å². The first-order valence-electron chi connectivity index (χ1n) is 6.11. The molecular weight excluding hydrogens is 282 g/mol. The van der Waals surface area contributed by atoms with Crippen LogP contribution in [0.4, 0.5) is 0 Å². The lowest BCUT2D eigenvalue weighted by molar-refractivity contribution is 0.0953. The van der Waals surface area contributed by atoms with E-state index in [0.717, 1.165) is 0 Å². The van der Waals surface area contributed by atoms with Crippen LogP contribution in [0, 0.1) is 0 Å². The van der Waals surface area contributed by atoms with Gasteiger partial charge in [-0.05, 0) is 18.2 Å². The summed E-state index contributed by atoms with van der Waals surface area (Å²) in [4.78, 5) is 11.5. The highest BCUT2D eigenvalue weighted by Crippen LogP contribution is 2.27. The molecule has 8 heteroatoms. The van der Waals surface area contributed by atoms with E-state index in [0.29, 0.717) is 13.1 Å². The van der Waals surface area contributed by atoms with Crippen molar-refractivity contribution in [1.82, 2.24) is 9.73 Å². The van der Waals surface area contributed by atoms with Crippen LogP contribution < -0.4 is 16.0 Å². The van der Waals surface area contributed by atoms with Crippen LogP contribution in [0.5, 0.6) is 5.75 Å². The van der Waals surface area contributed by atoms with Crippen molar-refractivity contribution in [1.29, 1.82) is 0 Å². The number of ether oxygens (including phenoxy) is 1. The molecule has 20 heavy (non-hydrogen) atoms. The van der Waals surface area contributed by atoms with E-state index in [1.54, 1.807) is 13.8 Å². The molecule has 0 spiro atoms. The number of amides is 1. The van der Waals surface area contributed by atoms with Crippen molar-refractivity contribution in [2.24, 2.45) is 5.84 Å². The van der Waals surface area contributed by atoms with E-state index in [-0.39, 0.29) is 16.2 Å². The summed E-state index contributed by atoms with van der Waals surface area (Å²) >= 11 is 0. The average Bonchev–Trinajstić information content (AvgIpc) is 2.46. The molecule has 1 amide bonds. The van der Waals surface area contributed by atoms with Gasteiger partial charge in [0.2, 0.25) is 10.0 Å². The highest BCUT2D eigenvalue weighted by molar-refractivity contribution is 7.89. The number of nitrogen functional groups attached to an aromatic ring is 1. The Bertz CT molecular complexity index is 582. The molecule has 7 nitrogen and oxygen atoms in total. The summed E-state index contributed by atoms with van der Waals surface area (Å²) in [5.74, 6) is 4.67. The highest BCUT2D eigenvalue weighted by Gasteiger charge is 2.26. The van der Waals surface area contributed by atoms with Gasteiger partial charge in [-0.2, -0.15) is 4.31 Å². The van der Waals surface area contributed by atoms with Crippen molar-refractivity contribution < 1.29 is 17.9 Å². The maximum atomic E-state index is 12.5. The van der Waals surface area contributed by atoms with Gasteiger partial charge in [-0.25, -0.2) is 14.3 Å². The van der Waals surface area contributed by atoms with Crippen LogP contribution in [0.1, 0.15) is 24.2 Å². The summed E-state index contributed by atoms with van der Waals surface area (Å²) in [6.07, 6.45) is 0. The number of benzene rings is 1. The molecule has 0 aliphatic carbocycles. The van der Waals surface area contributed by atoms with Gasteiger partial charge in [0.1, 0.15) is 10.6 Å². The summed E-state index contributed by atoms with van der Waals surface area (Å²) in [6.45, 7) is 4.14. The monoisotopic (exact) mass is 301 g/mol. The second-order valence-electron chi connectivity index (χ2n) is 3.93. The maximum absolute atomic E-state index is 12.5. The quantitative estimate of drug-likeness (QED) is 0.448. The Balaban J connectivity index is 3.44. The van der Waals surface area contributed by atoms with Crippen LogP contribution in [0.3, 0.4) is 0 Å². The van der Waals surface area contributed by atoms with E-state index in [1.807, 2.05) is 5.43 Å². The molecule has 0 heterocycles. The number of nitrogens with zero attached hydrogens (tertiary/aromatic N) is 1. The van der Waals surface area contributed by atoms with Crippen LogP contribution in [0.2, 0.25) is 0 Å². The average molecular weight is 301 g/mol. The Hall–Kier alpha value is -1.64. The van der Waals surface area contributed by atoms with Crippen molar-refractivity contribution in [3.63, 3.8) is 0 Å². The number of hydrogen-bond donors (Lipinski definition) is 2. The van der Waals surface area contributed by atoms with Crippen LogP contribution in [-0.2, 0) is 10.0 Å². The van der Waals surface area contributed by atoms with E-state index in [9.17, 15) is 13.2 Å². The molecule has 3 N–H and O–H groups in total. The number of sulfonamides is 1. The first kappa shape index (κ1) is 16.4.